The molecule has 12 heteroatoms. The van der Waals surface area contributed by atoms with Gasteiger partial charge in [0.25, 0.3) is 11.7 Å². The molecular formula is C24H19FN8O3. The molecule has 6 rings (SSSR count). The zero-order valence-corrected chi connectivity index (χ0v) is 18.8. The number of hydrogen-bond donors (Lipinski definition) is 1. The Labute approximate surface area is 203 Å². The van der Waals surface area contributed by atoms with Crippen LogP contribution < -0.4 is 0 Å². The van der Waals surface area contributed by atoms with Crippen molar-refractivity contribution in [2.24, 2.45) is 0 Å². The highest BCUT2D eigenvalue weighted by atomic mass is 19.1. The van der Waals surface area contributed by atoms with Gasteiger partial charge in [-0.25, -0.2) is 19.0 Å². The number of piperidine rings is 1. The van der Waals surface area contributed by atoms with Crippen molar-refractivity contribution >= 4 is 22.6 Å². The minimum absolute atomic E-state index is 0.0111. The molecule has 0 aliphatic carbocycles. The Morgan fingerprint density at radius 2 is 1.92 bits per heavy atom. The Hall–Kier alpha value is -4.74. The molecule has 0 atom stereocenters. The fraction of sp³-hybridized carbons (Fsp3) is 0.208. The van der Waals surface area contributed by atoms with Crippen molar-refractivity contribution in [3.63, 3.8) is 0 Å². The van der Waals surface area contributed by atoms with Gasteiger partial charge < -0.3 is 14.3 Å². The molecule has 1 fully saturated rings. The molecule has 0 bridgehead atoms. The first-order valence-electron chi connectivity index (χ1n) is 11.3. The summed E-state index contributed by atoms with van der Waals surface area (Å²) in [5.41, 5.74) is 1.03. The van der Waals surface area contributed by atoms with Gasteiger partial charge in [0.1, 0.15) is 12.7 Å². The van der Waals surface area contributed by atoms with Crippen molar-refractivity contribution in [2.75, 3.05) is 13.1 Å². The first-order chi connectivity index (χ1) is 17.6. The Bertz CT molecular complexity index is 1550. The van der Waals surface area contributed by atoms with Crippen LogP contribution in [0.25, 0.3) is 28.2 Å². The van der Waals surface area contributed by atoms with E-state index in [0.717, 1.165) is 11.8 Å². The lowest BCUT2D eigenvalue weighted by Gasteiger charge is -2.29. The van der Waals surface area contributed by atoms with Crippen LogP contribution in [0.1, 0.15) is 35.0 Å². The Balaban J connectivity index is 1.18. The number of amides is 1. The van der Waals surface area contributed by atoms with E-state index in [0.29, 0.717) is 37.7 Å². The Kier molecular flexibility index (Phi) is 5.32. The third-order valence-corrected chi connectivity index (χ3v) is 6.31. The summed E-state index contributed by atoms with van der Waals surface area (Å²) in [4.78, 5) is 38.4. The molecular weight excluding hydrogens is 467 g/mol. The summed E-state index contributed by atoms with van der Waals surface area (Å²) in [7, 11) is 0. The predicted octanol–water partition coefficient (Wildman–Crippen LogP) is 2.92. The zero-order valence-electron chi connectivity index (χ0n) is 18.8. The molecule has 180 valence electrons. The standard InChI is InChI=1S/C24H19FN8O3/c25-17-11-28-21(33-13-26-12-29-33)19-18(17)16(10-27-19)20(34)24(35)32-8-6-15(7-9-32)23-31-30-22(36-23)14-4-2-1-3-5-14/h1-5,10-13,15,27H,6-9H2. The first kappa shape index (κ1) is 21.8. The van der Waals surface area contributed by atoms with Crippen LogP contribution in [0.4, 0.5) is 4.39 Å². The minimum Gasteiger partial charge on any atom is -0.420 e. The highest BCUT2D eigenvalue weighted by Gasteiger charge is 2.32. The number of benzene rings is 1. The molecule has 0 unspecified atom stereocenters. The van der Waals surface area contributed by atoms with Gasteiger partial charge in [0, 0.05) is 30.8 Å². The van der Waals surface area contributed by atoms with Gasteiger partial charge in [0.15, 0.2) is 11.6 Å². The number of aromatic nitrogens is 7. The maximum absolute atomic E-state index is 14.7. The normalized spacial score (nSPS) is 14.4. The lowest BCUT2D eigenvalue weighted by Crippen LogP contribution is -2.41. The second-order valence-electron chi connectivity index (χ2n) is 8.43. The number of aromatic amines is 1. The number of halogens is 1. The van der Waals surface area contributed by atoms with Gasteiger partial charge in [0.05, 0.1) is 22.7 Å². The molecule has 1 N–H and O–H groups in total. The van der Waals surface area contributed by atoms with Crippen LogP contribution in [0.2, 0.25) is 0 Å². The highest BCUT2D eigenvalue weighted by Crippen LogP contribution is 2.30. The van der Waals surface area contributed by atoms with Crippen LogP contribution in [0.15, 0.2) is 59.8 Å². The Morgan fingerprint density at radius 1 is 1.11 bits per heavy atom. The van der Waals surface area contributed by atoms with Crippen LogP contribution >= 0.6 is 0 Å². The predicted molar refractivity (Wildman–Crippen MR) is 124 cm³/mol. The summed E-state index contributed by atoms with van der Waals surface area (Å²) in [6, 6.07) is 9.48. The van der Waals surface area contributed by atoms with Gasteiger partial charge in [-0.05, 0) is 25.0 Å². The van der Waals surface area contributed by atoms with Crippen LogP contribution in [0, 0.1) is 5.82 Å². The number of likely N-dealkylation sites (tertiary alicyclic amines) is 1. The molecule has 1 amide bonds. The largest absolute Gasteiger partial charge is 0.420 e. The molecule has 5 aromatic rings. The number of hydrogen-bond acceptors (Lipinski definition) is 8. The van der Waals surface area contributed by atoms with Crippen molar-refractivity contribution < 1.29 is 18.4 Å². The third kappa shape index (κ3) is 3.72. The van der Waals surface area contributed by atoms with Gasteiger partial charge in [-0.15, -0.1) is 10.2 Å². The average Bonchev–Trinajstić information content (AvgIpc) is 3.70. The van der Waals surface area contributed by atoms with E-state index in [2.05, 4.69) is 30.2 Å². The summed E-state index contributed by atoms with van der Waals surface area (Å²) >= 11 is 0. The van der Waals surface area contributed by atoms with Crippen molar-refractivity contribution in [2.45, 2.75) is 18.8 Å². The van der Waals surface area contributed by atoms with Crippen molar-refractivity contribution in [3.8, 4) is 17.3 Å². The van der Waals surface area contributed by atoms with Gasteiger partial charge >= 0.3 is 0 Å². The Morgan fingerprint density at radius 3 is 2.67 bits per heavy atom. The van der Waals surface area contributed by atoms with Crippen molar-refractivity contribution in [1.29, 1.82) is 0 Å². The monoisotopic (exact) mass is 486 g/mol. The molecule has 1 aliphatic rings. The van der Waals surface area contributed by atoms with E-state index in [1.165, 1.54) is 28.4 Å². The molecule has 36 heavy (non-hydrogen) atoms. The van der Waals surface area contributed by atoms with E-state index in [1.807, 2.05) is 30.3 Å². The number of ketones is 1. The average molecular weight is 486 g/mol. The van der Waals surface area contributed by atoms with E-state index in [4.69, 9.17) is 4.42 Å². The van der Waals surface area contributed by atoms with E-state index in [-0.39, 0.29) is 28.2 Å². The molecule has 5 heterocycles. The van der Waals surface area contributed by atoms with Crippen LogP contribution in [-0.2, 0) is 4.79 Å². The molecule has 1 saturated heterocycles. The van der Waals surface area contributed by atoms with Crippen LogP contribution in [0.3, 0.4) is 0 Å². The summed E-state index contributed by atoms with van der Waals surface area (Å²) < 4.78 is 21.9. The summed E-state index contributed by atoms with van der Waals surface area (Å²) in [6.45, 7) is 0.684. The SMILES string of the molecule is O=C(C(=O)N1CCC(c2nnc(-c3ccccc3)o2)CC1)c1c[nH]c2c(-n3cncn3)ncc(F)c12. The third-order valence-electron chi connectivity index (χ3n) is 6.31. The van der Waals surface area contributed by atoms with E-state index in [1.54, 1.807) is 0 Å². The fourth-order valence-corrected chi connectivity index (χ4v) is 4.45. The number of carbonyl (C=O) groups excluding carboxylic acids is 2. The van der Waals surface area contributed by atoms with Crippen LogP contribution in [0.5, 0.6) is 0 Å². The van der Waals surface area contributed by atoms with E-state index < -0.39 is 17.5 Å². The molecule has 1 aromatic carbocycles. The molecule has 0 saturated carbocycles. The summed E-state index contributed by atoms with van der Waals surface area (Å²) in [5.74, 6) is -0.987. The number of fused-ring (bicyclic) bond motifs is 1. The number of H-pyrrole nitrogens is 1. The fourth-order valence-electron chi connectivity index (χ4n) is 4.45. The minimum atomic E-state index is -0.793. The lowest BCUT2D eigenvalue weighted by atomic mass is 9.96. The lowest BCUT2D eigenvalue weighted by molar-refractivity contribution is -0.127. The number of rotatable bonds is 5. The second kappa shape index (κ2) is 8.80. The number of pyridine rings is 1. The van der Waals surface area contributed by atoms with Gasteiger partial charge in [-0.1, -0.05) is 18.2 Å². The summed E-state index contributed by atoms with van der Waals surface area (Å²) in [5, 5.41) is 12.3. The molecule has 1 aliphatic heterocycles. The molecule has 4 aromatic heterocycles. The van der Waals surface area contributed by atoms with Crippen molar-refractivity contribution in [1.82, 2.24) is 39.8 Å². The zero-order chi connectivity index (χ0) is 24.6. The van der Waals surface area contributed by atoms with Gasteiger partial charge in [-0.2, -0.15) is 5.10 Å². The van der Waals surface area contributed by atoms with Crippen molar-refractivity contribution in [3.05, 3.63) is 72.7 Å². The number of carbonyl (C=O) groups is 2. The molecule has 0 radical (unpaired) electrons. The first-order valence-corrected chi connectivity index (χ1v) is 11.3. The number of nitrogens with zero attached hydrogens (tertiary/aromatic N) is 7. The maximum Gasteiger partial charge on any atom is 0.295 e. The van der Waals surface area contributed by atoms with E-state index in [9.17, 15) is 14.0 Å². The van der Waals surface area contributed by atoms with Gasteiger partial charge in [0.2, 0.25) is 11.8 Å². The smallest absolute Gasteiger partial charge is 0.295 e. The molecule has 0 spiro atoms. The van der Waals surface area contributed by atoms with Gasteiger partial charge in [-0.3, -0.25) is 9.59 Å². The number of nitrogens with one attached hydrogen (secondary N) is 1. The maximum atomic E-state index is 14.7. The summed E-state index contributed by atoms with van der Waals surface area (Å²) in [6.07, 6.45) is 6.18. The molecule has 11 nitrogen and oxygen atoms in total. The highest BCUT2D eigenvalue weighted by molar-refractivity contribution is 6.45. The topological polar surface area (TPSA) is 136 Å². The number of Topliss-reactive ketones (excluding diaryl/α,β-unsaturated/α-hetero) is 1. The quantitative estimate of drug-likeness (QED) is 0.296. The van der Waals surface area contributed by atoms with E-state index >= 15 is 0 Å². The second-order valence-corrected chi connectivity index (χ2v) is 8.43. The van der Waals surface area contributed by atoms with Crippen LogP contribution in [-0.4, -0.2) is 64.6 Å².